The van der Waals surface area contributed by atoms with Crippen LogP contribution in [0, 0.1) is 18.8 Å². The van der Waals surface area contributed by atoms with Crippen molar-refractivity contribution in [2.45, 2.75) is 103 Å². The second-order valence-corrected chi connectivity index (χ2v) is 17.1. The Morgan fingerprint density at radius 1 is 0.695 bits per heavy atom. The summed E-state index contributed by atoms with van der Waals surface area (Å²) in [7, 11) is -3.27. The Labute approximate surface area is 345 Å². The largest absolute Gasteiger partial charge is 0.467 e. The van der Waals surface area contributed by atoms with Crippen molar-refractivity contribution in [1.82, 2.24) is 31.9 Å². The number of hydrogen-bond acceptors (Lipinski definition) is 12. The molecule has 4 atom stereocenters. The zero-order valence-electron chi connectivity index (χ0n) is 35.0. The van der Waals surface area contributed by atoms with Crippen LogP contribution in [0.15, 0.2) is 59.5 Å². The van der Waals surface area contributed by atoms with Crippen molar-refractivity contribution in [3.8, 4) is 0 Å². The van der Waals surface area contributed by atoms with E-state index in [1.807, 2.05) is 13.8 Å². The van der Waals surface area contributed by atoms with Crippen LogP contribution in [0.25, 0.3) is 0 Å². The van der Waals surface area contributed by atoms with Crippen molar-refractivity contribution in [1.29, 1.82) is 0 Å². The molecule has 2 aromatic rings. The van der Waals surface area contributed by atoms with E-state index in [1.165, 1.54) is 12.1 Å². The van der Waals surface area contributed by atoms with Crippen LogP contribution < -0.4 is 31.9 Å². The molecule has 0 saturated carbocycles. The van der Waals surface area contributed by atoms with Crippen molar-refractivity contribution in [3.63, 3.8) is 0 Å². The normalized spacial score (nSPS) is 13.5. The molecule has 0 aromatic heterocycles. The van der Waals surface area contributed by atoms with E-state index in [2.05, 4.69) is 31.9 Å². The summed E-state index contributed by atoms with van der Waals surface area (Å²) in [5.41, 5.74) is 0.664. The third kappa shape index (κ3) is 18.3. The fraction of sp³-hybridized carbons (Fsp3) is 0.525. The highest BCUT2D eigenvalue weighted by atomic mass is 32.2. The number of benzene rings is 2. The molecular formula is C40H58N6O12S. The second kappa shape index (κ2) is 23.1. The highest BCUT2D eigenvalue weighted by Gasteiger charge is 2.31. The number of alkyl carbamates (subject to hydrolysis) is 1. The van der Waals surface area contributed by atoms with Crippen LogP contribution in [0.5, 0.6) is 0 Å². The minimum Gasteiger partial charge on any atom is -0.467 e. The van der Waals surface area contributed by atoms with Gasteiger partial charge in [0.25, 0.3) is 10.1 Å². The van der Waals surface area contributed by atoms with E-state index in [1.54, 1.807) is 84.0 Å². The molecule has 0 heterocycles. The molecule has 0 spiro atoms. The molecule has 0 aliphatic heterocycles. The Hall–Kier alpha value is -5.56. The van der Waals surface area contributed by atoms with Crippen molar-refractivity contribution >= 4 is 51.7 Å². The maximum absolute atomic E-state index is 13.7. The smallest absolute Gasteiger partial charge is 0.408 e. The van der Waals surface area contributed by atoms with Gasteiger partial charge in [0.2, 0.25) is 29.5 Å². The summed E-state index contributed by atoms with van der Waals surface area (Å²) in [5, 5.41) is 14.9. The average Bonchev–Trinajstić information content (AvgIpc) is 3.15. The van der Waals surface area contributed by atoms with Crippen LogP contribution in [0.2, 0.25) is 0 Å². The van der Waals surface area contributed by atoms with Gasteiger partial charge in [-0.05, 0) is 63.6 Å². The number of rotatable bonds is 21. The molecule has 2 rings (SSSR count). The Morgan fingerprint density at radius 3 is 1.78 bits per heavy atom. The molecule has 0 aliphatic rings. The standard InChI is InChI=1S/C40H58N6O12S/c1-24(2)19-29(43-32(47)22-42-37(51)34(25(3)4)46-39(53)58-40(6,7)8)36(50)45-30(20-27-13-11-10-12-14-27)35(49)41-21-33(48)44-31(38(52)56-9)23-57-59(54,55)28-17-15-26(5)16-18-28/h10-18,24-25,29-31,34H,19-23H2,1-9H3,(H,41,49)(H,42,51)(H,43,47)(H,44,48)(H,45,50)(H,46,53)/t29-,30-,31+,34-/m0/s1. The van der Waals surface area contributed by atoms with Gasteiger partial charge in [0.05, 0.1) is 31.7 Å². The minimum atomic E-state index is -4.31. The highest BCUT2D eigenvalue weighted by Crippen LogP contribution is 2.14. The SMILES string of the molecule is COC(=O)[C@@H](COS(=O)(=O)c1ccc(C)cc1)NC(=O)CNC(=O)[C@H](Cc1ccccc1)NC(=O)[C@H](CC(C)C)NC(=O)CNC(=O)[C@@H](NC(=O)OC(C)(C)C)C(C)C. The van der Waals surface area contributed by atoms with Crippen LogP contribution in [0.4, 0.5) is 4.79 Å². The van der Waals surface area contributed by atoms with Crippen molar-refractivity contribution in [3.05, 3.63) is 65.7 Å². The molecular weight excluding hydrogens is 789 g/mol. The summed E-state index contributed by atoms with van der Waals surface area (Å²) < 4.78 is 40.3. The number of aryl methyl sites for hydroxylation is 1. The average molecular weight is 847 g/mol. The third-order valence-corrected chi connectivity index (χ3v) is 9.56. The summed E-state index contributed by atoms with van der Waals surface area (Å²) in [6.07, 6.45) is -0.671. The summed E-state index contributed by atoms with van der Waals surface area (Å²) in [6, 6.07) is 9.47. The Morgan fingerprint density at radius 2 is 1.25 bits per heavy atom. The number of hydrogen-bond donors (Lipinski definition) is 6. The first-order valence-corrected chi connectivity index (χ1v) is 20.4. The van der Waals surface area contributed by atoms with Gasteiger partial charge in [-0.2, -0.15) is 8.42 Å². The number of ether oxygens (including phenoxy) is 2. The summed E-state index contributed by atoms with van der Waals surface area (Å²) in [5.74, 6) is -5.24. The molecule has 18 nitrogen and oxygen atoms in total. The number of nitrogens with one attached hydrogen (secondary N) is 6. The van der Waals surface area contributed by atoms with Gasteiger partial charge in [-0.1, -0.05) is 75.7 Å². The Bertz CT molecular complexity index is 1870. The van der Waals surface area contributed by atoms with Gasteiger partial charge in [-0.3, -0.25) is 28.2 Å². The molecule has 2 aromatic carbocycles. The van der Waals surface area contributed by atoms with Crippen LogP contribution >= 0.6 is 0 Å². The number of carbonyl (C=O) groups is 7. The molecule has 0 unspecified atom stereocenters. The first kappa shape index (κ1) is 49.6. The molecule has 6 amide bonds. The molecule has 0 bridgehead atoms. The number of amides is 6. The van der Waals surface area contributed by atoms with Crippen LogP contribution in [0.3, 0.4) is 0 Å². The van der Waals surface area contributed by atoms with Crippen LogP contribution in [-0.2, 0) is 59.0 Å². The molecule has 59 heavy (non-hydrogen) atoms. The van der Waals surface area contributed by atoms with E-state index in [9.17, 15) is 42.0 Å². The van der Waals surface area contributed by atoms with E-state index in [-0.39, 0.29) is 29.6 Å². The lowest BCUT2D eigenvalue weighted by Crippen LogP contribution is -2.57. The summed E-state index contributed by atoms with van der Waals surface area (Å²) in [6.45, 7) is 11.8. The van der Waals surface area contributed by atoms with Crippen molar-refractivity contribution < 1.29 is 55.6 Å². The fourth-order valence-electron chi connectivity index (χ4n) is 5.30. The zero-order chi connectivity index (χ0) is 44.5. The molecule has 0 radical (unpaired) electrons. The van der Waals surface area contributed by atoms with E-state index < -0.39 is 101 Å². The van der Waals surface area contributed by atoms with Gasteiger partial charge in [0.15, 0.2) is 6.04 Å². The van der Waals surface area contributed by atoms with Gasteiger partial charge in [0, 0.05) is 6.42 Å². The highest BCUT2D eigenvalue weighted by molar-refractivity contribution is 7.86. The number of esters is 1. The minimum absolute atomic E-state index is 0.0187. The lowest BCUT2D eigenvalue weighted by molar-refractivity contribution is -0.145. The van der Waals surface area contributed by atoms with Crippen molar-refractivity contribution in [2.24, 2.45) is 11.8 Å². The third-order valence-electron chi connectivity index (χ3n) is 8.26. The van der Waals surface area contributed by atoms with Gasteiger partial charge < -0.3 is 41.4 Å². The summed E-state index contributed by atoms with van der Waals surface area (Å²) >= 11 is 0. The van der Waals surface area contributed by atoms with Gasteiger partial charge >= 0.3 is 12.1 Å². The molecule has 0 aliphatic carbocycles. The van der Waals surface area contributed by atoms with E-state index in [4.69, 9.17) is 13.7 Å². The number of carbonyl (C=O) groups excluding carboxylic acids is 7. The summed E-state index contributed by atoms with van der Waals surface area (Å²) in [4.78, 5) is 90.8. The first-order chi connectivity index (χ1) is 27.5. The molecule has 326 valence electrons. The second-order valence-electron chi connectivity index (χ2n) is 15.5. The fourth-order valence-corrected chi connectivity index (χ4v) is 6.22. The number of methoxy groups -OCH3 is 1. The van der Waals surface area contributed by atoms with E-state index >= 15 is 0 Å². The van der Waals surface area contributed by atoms with Crippen LogP contribution in [0.1, 0.15) is 66.0 Å². The van der Waals surface area contributed by atoms with E-state index in [0.717, 1.165) is 12.7 Å². The quantitative estimate of drug-likeness (QED) is 0.0771. The van der Waals surface area contributed by atoms with Gasteiger partial charge in [0.1, 0.15) is 23.7 Å². The van der Waals surface area contributed by atoms with Crippen LogP contribution in [-0.4, -0.2) is 107 Å². The predicted molar refractivity (Wildman–Crippen MR) is 216 cm³/mol. The maximum atomic E-state index is 13.7. The molecule has 0 fully saturated rings. The van der Waals surface area contributed by atoms with E-state index in [0.29, 0.717) is 5.56 Å². The molecule has 6 N–H and O–H groups in total. The van der Waals surface area contributed by atoms with Crippen molar-refractivity contribution in [2.75, 3.05) is 26.8 Å². The zero-order valence-corrected chi connectivity index (χ0v) is 35.8. The Balaban J connectivity index is 2.13. The lowest BCUT2D eigenvalue weighted by Gasteiger charge is -2.26. The van der Waals surface area contributed by atoms with Gasteiger partial charge in [-0.15, -0.1) is 0 Å². The topological polar surface area (TPSA) is 253 Å². The Kier molecular flexibility index (Phi) is 19.4. The monoisotopic (exact) mass is 846 g/mol. The predicted octanol–water partition coefficient (Wildman–Crippen LogP) is 1.40. The molecule has 19 heteroatoms. The maximum Gasteiger partial charge on any atom is 0.408 e. The lowest BCUT2D eigenvalue weighted by atomic mass is 10.0. The van der Waals surface area contributed by atoms with Gasteiger partial charge in [-0.25, -0.2) is 9.59 Å². The molecule has 0 saturated heterocycles. The first-order valence-electron chi connectivity index (χ1n) is 19.0.